The van der Waals surface area contributed by atoms with Gasteiger partial charge in [0.05, 0.1) is 11.9 Å². The number of pyridine rings is 1. The Bertz CT molecular complexity index is 370. The molecule has 0 aliphatic heterocycles. The Morgan fingerprint density at radius 3 is 2.65 bits per heavy atom. The van der Waals surface area contributed by atoms with Crippen LogP contribution in [-0.2, 0) is 4.79 Å². The van der Waals surface area contributed by atoms with Gasteiger partial charge in [-0.05, 0) is 17.5 Å². The predicted octanol–water partition coefficient (Wildman–Crippen LogP) is 1.81. The number of hydrogen-bond acceptors (Lipinski definition) is 3. The molecule has 4 nitrogen and oxygen atoms in total. The first-order valence-corrected chi connectivity index (χ1v) is 5.74. The van der Waals surface area contributed by atoms with E-state index in [1.54, 1.807) is 24.3 Å². The normalized spacial score (nSPS) is 13.2. The number of carbonyl (C=O) groups excluding carboxylic acids is 1. The van der Waals surface area contributed by atoms with Crippen LogP contribution in [0, 0.1) is 5.41 Å². The number of carbonyl (C=O) groups is 1. The number of rotatable bonds is 3. The van der Waals surface area contributed by atoms with Gasteiger partial charge in [-0.3, -0.25) is 9.78 Å². The van der Waals surface area contributed by atoms with Gasteiger partial charge in [-0.1, -0.05) is 20.8 Å². The van der Waals surface area contributed by atoms with E-state index in [-0.39, 0.29) is 17.4 Å². The molecule has 0 radical (unpaired) electrons. The Balaban J connectivity index is 2.66. The first kappa shape index (κ1) is 13.6. The highest BCUT2D eigenvalue weighted by atomic mass is 16.2. The molecule has 0 saturated heterocycles. The van der Waals surface area contributed by atoms with E-state index in [0.717, 1.165) is 5.69 Å². The summed E-state index contributed by atoms with van der Waals surface area (Å²) >= 11 is 0. The molecule has 94 valence electrons. The van der Waals surface area contributed by atoms with Gasteiger partial charge >= 0.3 is 0 Å². The van der Waals surface area contributed by atoms with Gasteiger partial charge in [0.15, 0.2) is 0 Å². The lowest BCUT2D eigenvalue weighted by molar-refractivity contribution is -0.119. The summed E-state index contributed by atoms with van der Waals surface area (Å²) in [6.45, 7) is 6.11. The maximum atomic E-state index is 12.0. The Hall–Kier alpha value is -1.42. The lowest BCUT2D eigenvalue weighted by atomic mass is 9.85. The first-order valence-electron chi connectivity index (χ1n) is 5.74. The molecular formula is C13H21N3O. The summed E-state index contributed by atoms with van der Waals surface area (Å²) in [7, 11) is 1.74. The topological polar surface area (TPSA) is 59.2 Å². The molecule has 1 rings (SSSR count). The van der Waals surface area contributed by atoms with E-state index >= 15 is 0 Å². The largest absolute Gasteiger partial charge is 0.327 e. The number of aromatic nitrogens is 1. The van der Waals surface area contributed by atoms with Crippen LogP contribution in [0.2, 0.25) is 0 Å². The van der Waals surface area contributed by atoms with Crippen molar-refractivity contribution in [3.63, 3.8) is 0 Å². The fourth-order valence-electron chi connectivity index (χ4n) is 1.33. The average molecular weight is 235 g/mol. The van der Waals surface area contributed by atoms with E-state index in [0.29, 0.717) is 6.42 Å². The van der Waals surface area contributed by atoms with Crippen molar-refractivity contribution < 1.29 is 4.79 Å². The number of nitrogens with zero attached hydrogens (tertiary/aromatic N) is 2. The van der Waals surface area contributed by atoms with Crippen molar-refractivity contribution in [3.8, 4) is 0 Å². The molecule has 0 aromatic carbocycles. The summed E-state index contributed by atoms with van der Waals surface area (Å²) < 4.78 is 0. The molecule has 2 N–H and O–H groups in total. The van der Waals surface area contributed by atoms with Gasteiger partial charge in [-0.25, -0.2) is 0 Å². The minimum Gasteiger partial charge on any atom is -0.327 e. The van der Waals surface area contributed by atoms with Crippen molar-refractivity contribution in [3.05, 3.63) is 24.5 Å². The van der Waals surface area contributed by atoms with Gasteiger partial charge in [-0.15, -0.1) is 0 Å². The molecule has 0 fully saturated rings. The summed E-state index contributed by atoms with van der Waals surface area (Å²) in [4.78, 5) is 17.6. The third kappa shape index (κ3) is 3.82. The number of hydrogen-bond donors (Lipinski definition) is 1. The predicted molar refractivity (Wildman–Crippen MR) is 69.7 cm³/mol. The summed E-state index contributed by atoms with van der Waals surface area (Å²) in [5.41, 5.74) is 6.73. The lowest BCUT2D eigenvalue weighted by Gasteiger charge is -2.28. The molecular weight excluding hydrogens is 214 g/mol. The Morgan fingerprint density at radius 2 is 2.18 bits per heavy atom. The van der Waals surface area contributed by atoms with Crippen molar-refractivity contribution >= 4 is 11.6 Å². The van der Waals surface area contributed by atoms with Crippen LogP contribution in [0.4, 0.5) is 5.69 Å². The van der Waals surface area contributed by atoms with Gasteiger partial charge < -0.3 is 10.6 Å². The van der Waals surface area contributed by atoms with Gasteiger partial charge in [0.25, 0.3) is 0 Å². The molecule has 0 bridgehead atoms. The Kier molecular flexibility index (Phi) is 4.23. The van der Waals surface area contributed by atoms with Crippen LogP contribution in [0.3, 0.4) is 0 Å². The van der Waals surface area contributed by atoms with Crippen molar-refractivity contribution in [2.45, 2.75) is 33.2 Å². The molecule has 0 spiro atoms. The minimum atomic E-state index is -0.144. The summed E-state index contributed by atoms with van der Waals surface area (Å²) in [5, 5.41) is 0. The second-order valence-corrected chi connectivity index (χ2v) is 5.34. The van der Waals surface area contributed by atoms with Crippen molar-refractivity contribution in [2.24, 2.45) is 11.1 Å². The molecule has 1 aromatic heterocycles. The van der Waals surface area contributed by atoms with Crippen LogP contribution in [0.5, 0.6) is 0 Å². The monoisotopic (exact) mass is 235 g/mol. The number of nitrogens with two attached hydrogens (primary N) is 1. The van der Waals surface area contributed by atoms with E-state index in [9.17, 15) is 4.79 Å². The minimum absolute atomic E-state index is 0.0143. The first-order chi connectivity index (χ1) is 7.82. The maximum Gasteiger partial charge on any atom is 0.228 e. The molecule has 0 saturated carbocycles. The van der Waals surface area contributed by atoms with Crippen LogP contribution in [0.15, 0.2) is 24.5 Å². The summed E-state index contributed by atoms with van der Waals surface area (Å²) in [6.07, 6.45) is 3.69. The van der Waals surface area contributed by atoms with E-state index in [2.05, 4.69) is 4.98 Å². The van der Waals surface area contributed by atoms with Crippen LogP contribution >= 0.6 is 0 Å². The standard InChI is InChI=1S/C13H21N3O/c1-13(2,3)11(14)8-12(17)16(4)10-6-5-7-15-9-10/h5-7,9,11H,8,14H2,1-4H3. The molecule has 4 heteroatoms. The molecule has 1 amide bonds. The quantitative estimate of drug-likeness (QED) is 0.869. The highest BCUT2D eigenvalue weighted by Gasteiger charge is 2.24. The van der Waals surface area contributed by atoms with Crippen molar-refractivity contribution in [1.82, 2.24) is 4.98 Å². The molecule has 17 heavy (non-hydrogen) atoms. The molecule has 1 heterocycles. The molecule has 0 aliphatic carbocycles. The second-order valence-electron chi connectivity index (χ2n) is 5.34. The zero-order chi connectivity index (χ0) is 13.1. The number of anilines is 1. The molecule has 1 aromatic rings. The van der Waals surface area contributed by atoms with Gasteiger partial charge in [0.1, 0.15) is 0 Å². The summed E-state index contributed by atoms with van der Waals surface area (Å²) in [5.74, 6) is 0.0143. The van der Waals surface area contributed by atoms with Crippen LogP contribution in [0.1, 0.15) is 27.2 Å². The third-order valence-corrected chi connectivity index (χ3v) is 2.91. The van der Waals surface area contributed by atoms with Crippen LogP contribution in [-0.4, -0.2) is 24.0 Å². The highest BCUT2D eigenvalue weighted by Crippen LogP contribution is 2.21. The van der Waals surface area contributed by atoms with Crippen molar-refractivity contribution in [2.75, 3.05) is 11.9 Å². The fraction of sp³-hybridized carbons (Fsp3) is 0.538. The fourth-order valence-corrected chi connectivity index (χ4v) is 1.33. The SMILES string of the molecule is CN(C(=O)CC(N)C(C)(C)C)c1cccnc1. The third-order valence-electron chi connectivity index (χ3n) is 2.91. The zero-order valence-electron chi connectivity index (χ0n) is 11.0. The van der Waals surface area contributed by atoms with Gasteiger partial charge in [0, 0.05) is 25.7 Å². The zero-order valence-corrected chi connectivity index (χ0v) is 11.0. The van der Waals surface area contributed by atoms with E-state index < -0.39 is 0 Å². The number of amides is 1. The summed E-state index contributed by atoms with van der Waals surface area (Å²) in [6, 6.07) is 3.52. The van der Waals surface area contributed by atoms with Crippen LogP contribution in [0.25, 0.3) is 0 Å². The molecule has 0 aliphatic rings. The van der Waals surface area contributed by atoms with Gasteiger partial charge in [-0.2, -0.15) is 0 Å². The Labute approximate surface area is 103 Å². The van der Waals surface area contributed by atoms with E-state index in [4.69, 9.17) is 5.73 Å². The van der Waals surface area contributed by atoms with Crippen molar-refractivity contribution in [1.29, 1.82) is 0 Å². The van der Waals surface area contributed by atoms with Gasteiger partial charge in [0.2, 0.25) is 5.91 Å². The second kappa shape index (κ2) is 5.27. The van der Waals surface area contributed by atoms with E-state index in [1.807, 2.05) is 32.9 Å². The lowest BCUT2D eigenvalue weighted by Crippen LogP contribution is -2.40. The smallest absolute Gasteiger partial charge is 0.228 e. The van der Waals surface area contributed by atoms with Crippen LogP contribution < -0.4 is 10.6 Å². The van der Waals surface area contributed by atoms with E-state index in [1.165, 1.54) is 0 Å². The maximum absolute atomic E-state index is 12.0. The molecule has 1 atom stereocenters. The average Bonchev–Trinajstić information content (AvgIpc) is 2.27. The Morgan fingerprint density at radius 1 is 1.53 bits per heavy atom. The molecule has 1 unspecified atom stereocenters. The highest BCUT2D eigenvalue weighted by molar-refractivity contribution is 5.92.